The molecular weight excluding hydrogens is 350 g/mol. The summed E-state index contributed by atoms with van der Waals surface area (Å²) in [5, 5.41) is 11.5. The Hall–Kier alpha value is -2.22. The van der Waals surface area contributed by atoms with Crippen molar-refractivity contribution in [2.45, 2.75) is 36.2 Å². The number of benzene rings is 2. The Morgan fingerprint density at radius 1 is 1.08 bits per heavy atom. The normalized spacial score (nSPS) is 15.4. The summed E-state index contributed by atoms with van der Waals surface area (Å²) in [4.78, 5) is 12.6. The molecule has 6 nitrogen and oxygen atoms in total. The molecule has 4 N–H and O–H groups in total. The Bertz CT molecular complexity index is 847. The predicted octanol–water partition coefficient (Wildman–Crippen LogP) is 1.49. The Labute approximate surface area is 153 Å². The second-order valence-corrected chi connectivity index (χ2v) is 8.08. The molecule has 1 fully saturated rings. The van der Waals surface area contributed by atoms with Crippen molar-refractivity contribution in [2.24, 2.45) is 5.14 Å². The largest absolute Gasteiger partial charge is 0.352 e. The first-order valence-electron chi connectivity index (χ1n) is 8.64. The van der Waals surface area contributed by atoms with E-state index >= 15 is 0 Å². The Morgan fingerprint density at radius 3 is 2.31 bits per heavy atom. The predicted molar refractivity (Wildman–Crippen MR) is 99.9 cm³/mol. The van der Waals surface area contributed by atoms with E-state index in [9.17, 15) is 13.2 Å². The van der Waals surface area contributed by atoms with Gasteiger partial charge in [-0.05, 0) is 42.5 Å². The SMILES string of the molecule is NS(=O)(=O)c1ccc(CCNC(C(=O)NC2CC2)c2ccccc2)cc1. The summed E-state index contributed by atoms with van der Waals surface area (Å²) < 4.78 is 22.6. The zero-order valence-corrected chi connectivity index (χ0v) is 15.2. The highest BCUT2D eigenvalue weighted by Crippen LogP contribution is 2.21. The molecule has 0 saturated heterocycles. The standard InChI is InChI=1S/C19H23N3O3S/c20-26(24,25)17-10-6-14(7-11-17)12-13-21-18(15-4-2-1-3-5-15)19(23)22-16-8-9-16/h1-7,10-11,16,18,21H,8-9,12-13H2,(H,22,23)(H2,20,24,25). The first-order valence-corrected chi connectivity index (χ1v) is 10.2. The number of hydrogen-bond donors (Lipinski definition) is 3. The fraction of sp³-hybridized carbons (Fsp3) is 0.316. The van der Waals surface area contributed by atoms with Gasteiger partial charge >= 0.3 is 0 Å². The monoisotopic (exact) mass is 373 g/mol. The number of nitrogens with one attached hydrogen (secondary N) is 2. The van der Waals surface area contributed by atoms with Crippen molar-refractivity contribution in [3.63, 3.8) is 0 Å². The zero-order chi connectivity index (χ0) is 18.6. The van der Waals surface area contributed by atoms with E-state index in [4.69, 9.17) is 5.14 Å². The summed E-state index contributed by atoms with van der Waals surface area (Å²) in [7, 11) is -3.68. The van der Waals surface area contributed by atoms with Gasteiger partial charge in [0.1, 0.15) is 6.04 Å². The van der Waals surface area contributed by atoms with Crippen molar-refractivity contribution in [3.05, 3.63) is 65.7 Å². The van der Waals surface area contributed by atoms with Gasteiger partial charge < -0.3 is 10.6 Å². The van der Waals surface area contributed by atoms with Crippen LogP contribution in [0.15, 0.2) is 59.5 Å². The Morgan fingerprint density at radius 2 is 1.73 bits per heavy atom. The highest BCUT2D eigenvalue weighted by Gasteiger charge is 2.28. The van der Waals surface area contributed by atoms with Crippen molar-refractivity contribution < 1.29 is 13.2 Å². The van der Waals surface area contributed by atoms with Gasteiger partial charge in [0.2, 0.25) is 15.9 Å². The second kappa shape index (κ2) is 7.99. The smallest absolute Gasteiger partial charge is 0.241 e. The molecular formula is C19H23N3O3S. The summed E-state index contributed by atoms with van der Waals surface area (Å²) in [6.45, 7) is 0.590. The summed E-state index contributed by atoms with van der Waals surface area (Å²) in [6, 6.07) is 16.0. The van der Waals surface area contributed by atoms with E-state index in [0.717, 1.165) is 24.0 Å². The number of primary sulfonamides is 1. The van der Waals surface area contributed by atoms with Crippen molar-refractivity contribution in [2.75, 3.05) is 6.54 Å². The van der Waals surface area contributed by atoms with Crippen molar-refractivity contribution in [1.82, 2.24) is 10.6 Å². The topological polar surface area (TPSA) is 101 Å². The first kappa shape index (κ1) is 18.6. The van der Waals surface area contributed by atoms with Gasteiger partial charge in [-0.2, -0.15) is 0 Å². The molecule has 26 heavy (non-hydrogen) atoms. The van der Waals surface area contributed by atoms with Crippen LogP contribution in [-0.2, 0) is 21.2 Å². The quantitative estimate of drug-likeness (QED) is 0.652. The highest BCUT2D eigenvalue weighted by molar-refractivity contribution is 7.89. The van der Waals surface area contributed by atoms with Crippen LogP contribution in [0, 0.1) is 0 Å². The maximum Gasteiger partial charge on any atom is 0.241 e. The zero-order valence-electron chi connectivity index (χ0n) is 14.4. The van der Waals surface area contributed by atoms with E-state index in [1.54, 1.807) is 12.1 Å². The molecule has 0 aliphatic heterocycles. The third kappa shape index (κ3) is 5.14. The van der Waals surface area contributed by atoms with Crippen LogP contribution >= 0.6 is 0 Å². The fourth-order valence-corrected chi connectivity index (χ4v) is 3.24. The van der Waals surface area contributed by atoms with Crippen LogP contribution in [0.1, 0.15) is 30.0 Å². The minimum Gasteiger partial charge on any atom is -0.352 e. The van der Waals surface area contributed by atoms with Crippen LogP contribution in [0.3, 0.4) is 0 Å². The van der Waals surface area contributed by atoms with Crippen LogP contribution in [0.25, 0.3) is 0 Å². The summed E-state index contributed by atoms with van der Waals surface area (Å²) in [5.74, 6) is -0.0109. The average Bonchev–Trinajstić information content (AvgIpc) is 3.43. The van der Waals surface area contributed by atoms with Gasteiger partial charge in [0.15, 0.2) is 0 Å². The van der Waals surface area contributed by atoms with Gasteiger partial charge in [-0.15, -0.1) is 0 Å². The molecule has 0 bridgehead atoms. The number of carbonyl (C=O) groups is 1. The van der Waals surface area contributed by atoms with Crippen molar-refractivity contribution in [1.29, 1.82) is 0 Å². The first-order chi connectivity index (χ1) is 12.4. The van der Waals surface area contributed by atoms with Gasteiger partial charge in [-0.3, -0.25) is 4.79 Å². The third-order valence-corrected chi connectivity index (χ3v) is 5.26. The molecule has 2 aromatic carbocycles. The van der Waals surface area contributed by atoms with E-state index in [2.05, 4.69) is 10.6 Å². The van der Waals surface area contributed by atoms with E-state index in [1.165, 1.54) is 12.1 Å². The molecule has 138 valence electrons. The van der Waals surface area contributed by atoms with Gasteiger partial charge in [-0.1, -0.05) is 42.5 Å². The van der Waals surface area contributed by atoms with E-state index in [0.29, 0.717) is 19.0 Å². The molecule has 0 aromatic heterocycles. The number of hydrogen-bond acceptors (Lipinski definition) is 4. The number of nitrogens with two attached hydrogens (primary N) is 1. The Balaban J connectivity index is 1.61. The molecule has 1 saturated carbocycles. The van der Waals surface area contributed by atoms with Crippen molar-refractivity contribution >= 4 is 15.9 Å². The fourth-order valence-electron chi connectivity index (χ4n) is 2.73. The van der Waals surface area contributed by atoms with Crippen LogP contribution in [0.5, 0.6) is 0 Å². The molecule has 1 unspecified atom stereocenters. The van der Waals surface area contributed by atoms with E-state index in [1.807, 2.05) is 30.3 Å². The second-order valence-electron chi connectivity index (χ2n) is 6.52. The molecule has 0 heterocycles. The molecule has 7 heteroatoms. The van der Waals surface area contributed by atoms with Gasteiger partial charge in [-0.25, -0.2) is 13.6 Å². The number of amides is 1. The maximum atomic E-state index is 12.5. The molecule has 1 atom stereocenters. The summed E-state index contributed by atoms with van der Waals surface area (Å²) in [5.41, 5.74) is 1.90. The number of carbonyl (C=O) groups excluding carboxylic acids is 1. The van der Waals surface area contributed by atoms with Crippen molar-refractivity contribution in [3.8, 4) is 0 Å². The average molecular weight is 373 g/mol. The summed E-state index contributed by atoms with van der Waals surface area (Å²) in [6.07, 6.45) is 2.76. The van der Waals surface area contributed by atoms with E-state index < -0.39 is 16.1 Å². The van der Waals surface area contributed by atoms with Gasteiger partial charge in [0.25, 0.3) is 0 Å². The molecule has 1 aliphatic rings. The van der Waals surface area contributed by atoms with E-state index in [-0.39, 0.29) is 10.8 Å². The minimum absolute atomic E-state index is 0.0109. The molecule has 3 rings (SSSR count). The maximum absolute atomic E-state index is 12.5. The summed E-state index contributed by atoms with van der Waals surface area (Å²) >= 11 is 0. The van der Waals surface area contributed by atoms with Crippen LogP contribution in [-0.4, -0.2) is 26.9 Å². The Kier molecular flexibility index (Phi) is 5.70. The lowest BCUT2D eigenvalue weighted by molar-refractivity contribution is -0.123. The van der Waals surface area contributed by atoms with Gasteiger partial charge in [0, 0.05) is 12.6 Å². The lowest BCUT2D eigenvalue weighted by atomic mass is 10.1. The third-order valence-electron chi connectivity index (χ3n) is 4.33. The van der Waals surface area contributed by atoms with Crippen LogP contribution < -0.4 is 15.8 Å². The highest BCUT2D eigenvalue weighted by atomic mass is 32.2. The molecule has 0 spiro atoms. The van der Waals surface area contributed by atoms with Crippen LogP contribution in [0.4, 0.5) is 0 Å². The lowest BCUT2D eigenvalue weighted by Crippen LogP contribution is -2.39. The van der Waals surface area contributed by atoms with Crippen LogP contribution in [0.2, 0.25) is 0 Å². The number of sulfonamides is 1. The molecule has 1 aliphatic carbocycles. The molecule has 2 aromatic rings. The number of rotatable bonds is 8. The minimum atomic E-state index is -3.68. The molecule has 1 amide bonds. The lowest BCUT2D eigenvalue weighted by Gasteiger charge is -2.19. The van der Waals surface area contributed by atoms with Gasteiger partial charge in [0.05, 0.1) is 4.90 Å². The molecule has 0 radical (unpaired) electrons.